The molecule has 0 aliphatic heterocycles. The molecule has 0 aromatic heterocycles. The second-order valence-corrected chi connectivity index (χ2v) is 27.5. The highest BCUT2D eigenvalue weighted by atomic mass is 19.4. The molecular formula is C73H96F8N4O16. The molecule has 1 N–H and O–H groups in total. The second-order valence-electron chi connectivity index (χ2n) is 27.5. The van der Waals surface area contributed by atoms with E-state index in [9.17, 15) is 73.9 Å². The van der Waals surface area contributed by atoms with Gasteiger partial charge in [0.05, 0.1) is 11.1 Å². The Balaban J connectivity index is 0.000000530. The van der Waals surface area contributed by atoms with Crippen molar-refractivity contribution >= 4 is 53.7 Å². The number of benzene rings is 4. The fraction of sp³-hybridized carbons (Fsp3) is 0.548. The van der Waals surface area contributed by atoms with Gasteiger partial charge < -0.3 is 48.3 Å². The normalized spacial score (nSPS) is 14.4. The van der Waals surface area contributed by atoms with Gasteiger partial charge in [0.2, 0.25) is 0 Å². The third-order valence-electron chi connectivity index (χ3n) is 15.2. The number of amides is 3. The lowest BCUT2D eigenvalue weighted by molar-refractivity contribution is -0.174. The summed E-state index contributed by atoms with van der Waals surface area (Å²) >= 11 is 0. The van der Waals surface area contributed by atoms with E-state index in [1.807, 2.05) is 0 Å². The Morgan fingerprint density at radius 1 is 0.416 bits per heavy atom. The van der Waals surface area contributed by atoms with Crippen LogP contribution in [0.2, 0.25) is 0 Å². The van der Waals surface area contributed by atoms with E-state index >= 15 is 4.39 Å². The van der Waals surface area contributed by atoms with Gasteiger partial charge in [-0.3, -0.25) is 19.3 Å². The molecule has 0 heterocycles. The minimum absolute atomic E-state index is 0.0356. The molecule has 20 nitrogen and oxygen atoms in total. The molecule has 4 aromatic rings. The first-order valence-corrected chi connectivity index (χ1v) is 32.7. The monoisotopic (exact) mass is 1440 g/mol. The third-order valence-corrected chi connectivity index (χ3v) is 15.2. The average Bonchev–Trinajstić information content (AvgIpc) is 0.824. The fourth-order valence-electron chi connectivity index (χ4n) is 9.75. The van der Waals surface area contributed by atoms with E-state index in [1.165, 1.54) is 69.7 Å². The SMILES string of the molecule is CC(C)C[C@@H](C(=O)O[C@H](C)C(=O)OCc1ccccc1)N(C)C(=O)[C@@H](Cc1ccc(C(F)(F)F)cc1)OC(=O)[C@H](CC(C)(C)F)N(C)C(=O)OC(C)(C)C.CN[C@@H](CC(C)(C)F)C(=O)O[C@H](Cc1ccc(C(F)(F)F)cc1)C(=O)N(C)[C@@H](CC(C)C)C(=O)O[C@H](C)C(=O)OCc1ccccc1. The van der Waals surface area contributed by atoms with Crippen molar-refractivity contribution in [3.63, 3.8) is 0 Å². The van der Waals surface area contributed by atoms with Crippen LogP contribution < -0.4 is 5.32 Å². The van der Waals surface area contributed by atoms with Gasteiger partial charge in [0.15, 0.2) is 24.4 Å². The highest BCUT2D eigenvalue weighted by Gasteiger charge is 2.43. The van der Waals surface area contributed by atoms with Crippen LogP contribution in [0.3, 0.4) is 0 Å². The van der Waals surface area contributed by atoms with E-state index in [0.717, 1.165) is 68.8 Å². The lowest BCUT2D eigenvalue weighted by atomic mass is 9.99. The first kappa shape index (κ1) is 86.5. The van der Waals surface area contributed by atoms with Crippen LogP contribution in [0.25, 0.3) is 0 Å². The number of halogens is 8. The first-order chi connectivity index (χ1) is 46.6. The van der Waals surface area contributed by atoms with Crippen LogP contribution in [0, 0.1) is 11.8 Å². The molecule has 0 saturated carbocycles. The van der Waals surface area contributed by atoms with E-state index in [0.29, 0.717) is 5.56 Å². The van der Waals surface area contributed by atoms with Crippen molar-refractivity contribution in [1.82, 2.24) is 20.0 Å². The number of nitrogens with zero attached hydrogens (tertiary/aromatic N) is 3. The lowest BCUT2D eigenvalue weighted by Gasteiger charge is -2.34. The number of hydrogen-bond donors (Lipinski definition) is 1. The number of likely N-dealkylation sites (N-methyl/N-ethyl adjacent to an activating group) is 4. The minimum Gasteiger partial charge on any atom is -0.458 e. The second kappa shape index (κ2) is 38.4. The maximum atomic E-state index is 15.0. The number of carbonyl (C=O) groups excluding carboxylic acids is 9. The molecule has 4 aromatic carbocycles. The van der Waals surface area contributed by atoms with Gasteiger partial charge in [-0.05, 0) is 141 Å². The van der Waals surface area contributed by atoms with Crippen molar-refractivity contribution in [3.8, 4) is 0 Å². The van der Waals surface area contributed by atoms with Gasteiger partial charge in [0.1, 0.15) is 54.3 Å². The Bertz CT molecular complexity index is 3340. The van der Waals surface area contributed by atoms with E-state index in [1.54, 1.807) is 109 Å². The zero-order valence-electron chi connectivity index (χ0n) is 60.2. The predicted molar refractivity (Wildman–Crippen MR) is 356 cm³/mol. The molecular weight excluding hydrogens is 1340 g/mol. The van der Waals surface area contributed by atoms with E-state index in [-0.39, 0.29) is 61.9 Å². The summed E-state index contributed by atoms with van der Waals surface area (Å²) in [6.07, 6.45) is -17.8. The number of nitrogens with one attached hydrogen (secondary N) is 1. The standard InChI is InChI=1S/C39H52F4N2O9.C34H44F4N2O7/c1-24(2)20-29(34(48)52-25(3)33(47)51-23-27-14-12-11-13-15-27)44(9)32(46)31(21-26-16-18-28(19-17-26)39(41,42)43)53-35(49)30(22-38(7,8)40)45(10)36(50)54-37(4,5)6;1-21(2)17-27(32(44)46-22(3)30(42)45-20-24-11-9-8-10-12-24)40(7)29(41)28(47-31(43)26(39-6)19-33(4,5)35)18-23-13-15-25(16-14-23)34(36,37)38/h11-19,24-25,29-31H,20-23H2,1-10H3;8-16,21-22,26-28,39H,17-20H2,1-7H3/t25-,29+,30+,31-;22-,26+,27+,28-/m11/s1. The number of alkyl halides is 8. The highest BCUT2D eigenvalue weighted by molar-refractivity contribution is 5.92. The molecule has 0 saturated heterocycles. The fourth-order valence-corrected chi connectivity index (χ4v) is 9.75. The smallest absolute Gasteiger partial charge is 0.416 e. The van der Waals surface area contributed by atoms with Crippen molar-refractivity contribution in [2.45, 2.75) is 220 Å². The van der Waals surface area contributed by atoms with Gasteiger partial charge in [-0.1, -0.05) is 113 Å². The number of rotatable bonds is 32. The summed E-state index contributed by atoms with van der Waals surface area (Å²) in [6, 6.07) is 20.2. The van der Waals surface area contributed by atoms with Crippen LogP contribution in [-0.4, -0.2) is 162 Å². The molecule has 0 fully saturated rings. The molecule has 4 rings (SSSR count). The van der Waals surface area contributed by atoms with Gasteiger partial charge in [-0.15, -0.1) is 0 Å². The van der Waals surface area contributed by atoms with Crippen LogP contribution in [0.1, 0.15) is 149 Å². The Kier molecular flexibility index (Phi) is 32.9. The summed E-state index contributed by atoms with van der Waals surface area (Å²) in [5, 5.41) is 2.66. The van der Waals surface area contributed by atoms with Crippen molar-refractivity contribution in [3.05, 3.63) is 143 Å². The predicted octanol–water partition coefficient (Wildman–Crippen LogP) is 12.5. The maximum Gasteiger partial charge on any atom is 0.416 e. The largest absolute Gasteiger partial charge is 0.458 e. The Labute approximate surface area is 585 Å². The van der Waals surface area contributed by atoms with Crippen LogP contribution in [0.5, 0.6) is 0 Å². The molecule has 560 valence electrons. The topological polar surface area (TPSA) is 240 Å². The molecule has 101 heavy (non-hydrogen) atoms. The first-order valence-electron chi connectivity index (χ1n) is 32.7. The summed E-state index contributed by atoms with van der Waals surface area (Å²) < 4.78 is 147. The van der Waals surface area contributed by atoms with Crippen molar-refractivity contribution in [2.75, 3.05) is 28.2 Å². The molecule has 28 heteroatoms. The molecule has 0 unspecified atom stereocenters. The van der Waals surface area contributed by atoms with E-state index in [2.05, 4.69) is 5.32 Å². The van der Waals surface area contributed by atoms with Crippen LogP contribution in [-0.2, 0) is 110 Å². The zero-order chi connectivity index (χ0) is 76.7. The molecule has 3 amide bonds. The van der Waals surface area contributed by atoms with Gasteiger partial charge in [-0.25, -0.2) is 37.5 Å². The van der Waals surface area contributed by atoms with Crippen LogP contribution in [0.4, 0.5) is 39.9 Å². The van der Waals surface area contributed by atoms with Crippen LogP contribution in [0.15, 0.2) is 109 Å². The van der Waals surface area contributed by atoms with Gasteiger partial charge in [0, 0.05) is 46.8 Å². The Hall–Kier alpha value is -8.69. The van der Waals surface area contributed by atoms with Crippen molar-refractivity contribution < 1.29 is 111 Å². The number of carbonyl (C=O) groups is 9. The highest BCUT2D eigenvalue weighted by Crippen LogP contribution is 2.32. The van der Waals surface area contributed by atoms with Gasteiger partial charge >= 0.3 is 54.3 Å². The summed E-state index contributed by atoms with van der Waals surface area (Å²) in [4.78, 5) is 123. The summed E-state index contributed by atoms with van der Waals surface area (Å²) in [7, 11) is 5.16. The zero-order valence-corrected chi connectivity index (χ0v) is 60.2. The maximum absolute atomic E-state index is 15.0. The number of hydrogen-bond acceptors (Lipinski definition) is 17. The summed E-state index contributed by atoms with van der Waals surface area (Å²) in [6.45, 7) is 19.3. The molecule has 8 atom stereocenters. The Morgan fingerprint density at radius 2 is 0.752 bits per heavy atom. The van der Waals surface area contributed by atoms with E-state index < -0.39 is 156 Å². The number of esters is 6. The molecule has 0 aliphatic rings. The van der Waals surface area contributed by atoms with Gasteiger partial charge in [0.25, 0.3) is 11.8 Å². The number of ether oxygens (including phenoxy) is 7. The van der Waals surface area contributed by atoms with E-state index in [4.69, 9.17) is 33.2 Å². The minimum atomic E-state index is -4.64. The molecule has 0 bridgehead atoms. The summed E-state index contributed by atoms with van der Waals surface area (Å²) in [5.74, 6) is -7.84. The van der Waals surface area contributed by atoms with Gasteiger partial charge in [-0.2, -0.15) is 26.3 Å². The molecule has 0 radical (unpaired) electrons. The third kappa shape index (κ3) is 30.6. The lowest BCUT2D eigenvalue weighted by Crippen LogP contribution is -2.52. The Morgan fingerprint density at radius 3 is 1.06 bits per heavy atom. The van der Waals surface area contributed by atoms with Crippen LogP contribution >= 0.6 is 0 Å². The molecule has 0 aliphatic carbocycles. The summed E-state index contributed by atoms with van der Waals surface area (Å²) in [5.41, 5.74) is -4.81. The molecule has 0 spiro atoms. The average molecular weight is 1440 g/mol. The quantitative estimate of drug-likeness (QED) is 0.0271. The van der Waals surface area contributed by atoms with Crippen molar-refractivity contribution in [2.24, 2.45) is 11.8 Å². The van der Waals surface area contributed by atoms with Crippen molar-refractivity contribution in [1.29, 1.82) is 0 Å².